The number of carbonyl (C=O) groups excluding carboxylic acids is 2. The number of likely N-dealkylation sites (N-methyl/N-ethyl adjacent to an activating group) is 1. The lowest BCUT2D eigenvalue weighted by Crippen LogP contribution is -2.24. The van der Waals surface area contributed by atoms with Crippen molar-refractivity contribution >= 4 is 33.4 Å². The summed E-state index contributed by atoms with van der Waals surface area (Å²) in [5.74, 6) is -0.430. The first-order chi connectivity index (χ1) is 13.3. The monoisotopic (exact) mass is 443 g/mol. The quantitative estimate of drug-likeness (QED) is 0.418. The molecule has 0 aliphatic carbocycles. The van der Waals surface area contributed by atoms with E-state index in [1.54, 1.807) is 31.3 Å². The van der Waals surface area contributed by atoms with Crippen LogP contribution in [0.2, 0.25) is 0 Å². The first kappa shape index (κ1) is 20.1. The molecule has 0 radical (unpaired) electrons. The van der Waals surface area contributed by atoms with Crippen LogP contribution in [0.5, 0.6) is 5.75 Å². The zero-order chi connectivity index (χ0) is 20.4. The average Bonchev–Trinajstić information content (AvgIpc) is 2.90. The van der Waals surface area contributed by atoms with Crippen molar-refractivity contribution in [2.24, 2.45) is 5.92 Å². The van der Waals surface area contributed by atoms with Gasteiger partial charge in [-0.15, -0.1) is 0 Å². The van der Waals surface area contributed by atoms with Crippen LogP contribution >= 0.6 is 15.9 Å². The molecular formula is C22H22BrNO4. The Labute approximate surface area is 172 Å². The second-order valence-corrected chi connectivity index (χ2v) is 8.11. The van der Waals surface area contributed by atoms with Crippen molar-refractivity contribution in [3.63, 3.8) is 0 Å². The maximum absolute atomic E-state index is 12.6. The molecule has 1 N–H and O–H groups in total. The van der Waals surface area contributed by atoms with E-state index in [9.17, 15) is 14.7 Å². The van der Waals surface area contributed by atoms with Crippen molar-refractivity contribution in [1.82, 2.24) is 4.90 Å². The second-order valence-electron chi connectivity index (χ2n) is 7.19. The zero-order valence-electron chi connectivity index (χ0n) is 16.0. The molecule has 1 atom stereocenters. The smallest absolute Gasteiger partial charge is 0.295 e. The summed E-state index contributed by atoms with van der Waals surface area (Å²) in [4.78, 5) is 26.3. The highest BCUT2D eigenvalue weighted by Crippen LogP contribution is 2.39. The Bertz CT molecular complexity index is 934. The van der Waals surface area contributed by atoms with Crippen LogP contribution in [0.1, 0.15) is 31.0 Å². The summed E-state index contributed by atoms with van der Waals surface area (Å²) in [6.07, 6.45) is 0. The largest absolute Gasteiger partial charge is 0.507 e. The molecule has 1 fully saturated rings. The Morgan fingerprint density at radius 2 is 1.86 bits per heavy atom. The van der Waals surface area contributed by atoms with E-state index in [0.29, 0.717) is 23.8 Å². The Balaban J connectivity index is 2.00. The molecule has 3 rings (SSSR count). The minimum atomic E-state index is -0.690. The lowest BCUT2D eigenvalue weighted by atomic mass is 9.95. The maximum Gasteiger partial charge on any atom is 0.295 e. The molecule has 6 heteroatoms. The third kappa shape index (κ3) is 3.97. The van der Waals surface area contributed by atoms with Gasteiger partial charge in [0.25, 0.3) is 11.7 Å². The van der Waals surface area contributed by atoms with Crippen molar-refractivity contribution in [1.29, 1.82) is 0 Å². The number of amides is 1. The summed E-state index contributed by atoms with van der Waals surface area (Å²) in [5.41, 5.74) is 1.29. The highest BCUT2D eigenvalue weighted by Gasteiger charge is 2.44. The van der Waals surface area contributed by atoms with Crippen LogP contribution in [0.15, 0.2) is 58.6 Å². The van der Waals surface area contributed by atoms with Gasteiger partial charge in [-0.1, -0.05) is 41.9 Å². The molecule has 1 amide bonds. The number of hydrogen-bond acceptors (Lipinski definition) is 4. The van der Waals surface area contributed by atoms with Gasteiger partial charge in [-0.25, -0.2) is 0 Å². The number of Topliss-reactive ketones (excluding diaryl/α,β-unsaturated/α-hetero) is 1. The summed E-state index contributed by atoms with van der Waals surface area (Å²) in [5, 5.41) is 10.9. The average molecular weight is 444 g/mol. The lowest BCUT2D eigenvalue weighted by Gasteiger charge is -2.21. The molecule has 2 aromatic carbocycles. The number of halogens is 1. The van der Waals surface area contributed by atoms with Gasteiger partial charge < -0.3 is 14.7 Å². The fourth-order valence-electron chi connectivity index (χ4n) is 3.14. The minimum Gasteiger partial charge on any atom is -0.507 e. The Morgan fingerprint density at radius 1 is 1.18 bits per heavy atom. The van der Waals surface area contributed by atoms with Crippen LogP contribution in [-0.2, 0) is 9.59 Å². The second kappa shape index (κ2) is 8.19. The van der Waals surface area contributed by atoms with E-state index >= 15 is 0 Å². The molecule has 1 aliphatic heterocycles. The number of aliphatic hydroxyl groups is 1. The molecule has 0 bridgehead atoms. The van der Waals surface area contributed by atoms with Crippen molar-refractivity contribution in [3.8, 4) is 5.75 Å². The lowest BCUT2D eigenvalue weighted by molar-refractivity contribution is -0.139. The highest BCUT2D eigenvalue weighted by atomic mass is 79.9. The van der Waals surface area contributed by atoms with Gasteiger partial charge in [-0.3, -0.25) is 9.59 Å². The van der Waals surface area contributed by atoms with Gasteiger partial charge in [0.15, 0.2) is 0 Å². The zero-order valence-corrected chi connectivity index (χ0v) is 17.6. The molecule has 5 nitrogen and oxygen atoms in total. The van der Waals surface area contributed by atoms with Crippen LogP contribution in [-0.4, -0.2) is 35.4 Å². The first-order valence-electron chi connectivity index (χ1n) is 9.03. The highest BCUT2D eigenvalue weighted by molar-refractivity contribution is 9.10. The summed E-state index contributed by atoms with van der Waals surface area (Å²) in [6, 6.07) is 13.6. The summed E-state index contributed by atoms with van der Waals surface area (Å²) in [7, 11) is 1.56. The van der Waals surface area contributed by atoms with Gasteiger partial charge in [-0.2, -0.15) is 0 Å². The summed E-state index contributed by atoms with van der Waals surface area (Å²) in [6.45, 7) is 4.72. The van der Waals surface area contributed by atoms with Crippen LogP contribution in [0.25, 0.3) is 5.76 Å². The first-order valence-corrected chi connectivity index (χ1v) is 9.82. The normalized spacial score (nSPS) is 18.8. The fourth-order valence-corrected chi connectivity index (χ4v) is 3.56. The molecule has 1 heterocycles. The predicted molar refractivity (Wildman–Crippen MR) is 111 cm³/mol. The van der Waals surface area contributed by atoms with Gasteiger partial charge in [0.1, 0.15) is 11.5 Å². The van der Waals surface area contributed by atoms with Gasteiger partial charge in [-0.05, 0) is 47.9 Å². The van der Waals surface area contributed by atoms with Gasteiger partial charge >= 0.3 is 0 Å². The van der Waals surface area contributed by atoms with Gasteiger partial charge in [0.05, 0.1) is 18.2 Å². The van der Waals surface area contributed by atoms with Crippen LogP contribution in [0.3, 0.4) is 0 Å². The number of likely N-dealkylation sites (tertiary alicyclic amines) is 1. The molecule has 2 aromatic rings. The number of ketones is 1. The van der Waals surface area contributed by atoms with E-state index in [0.717, 1.165) is 10.0 Å². The molecule has 28 heavy (non-hydrogen) atoms. The SMILES string of the molecule is CC(C)COc1ccc(/C(O)=C2\C(=O)C(=O)N(C)C2c2cccc(Br)c2)cc1. The molecule has 0 saturated carbocycles. The fraction of sp³-hybridized carbons (Fsp3) is 0.273. The molecule has 0 spiro atoms. The van der Waals surface area contributed by atoms with E-state index < -0.39 is 17.7 Å². The number of ether oxygens (including phenoxy) is 1. The van der Waals surface area contributed by atoms with Gasteiger partial charge in [0.2, 0.25) is 0 Å². The van der Waals surface area contributed by atoms with Crippen molar-refractivity contribution < 1.29 is 19.4 Å². The maximum atomic E-state index is 12.6. The van der Waals surface area contributed by atoms with Crippen LogP contribution < -0.4 is 4.74 Å². The number of aliphatic hydroxyl groups excluding tert-OH is 1. The molecule has 146 valence electrons. The Hall–Kier alpha value is -2.60. The third-order valence-electron chi connectivity index (χ3n) is 4.55. The van der Waals surface area contributed by atoms with Crippen molar-refractivity contribution in [3.05, 3.63) is 69.7 Å². The van der Waals surface area contributed by atoms with E-state index in [4.69, 9.17) is 4.74 Å². The van der Waals surface area contributed by atoms with Gasteiger partial charge in [0, 0.05) is 17.1 Å². The standard InChI is InChI=1S/C22H22BrNO4/c1-13(2)12-28-17-9-7-14(8-10-17)20(25)18-19(24(3)22(27)21(18)26)15-5-4-6-16(23)11-15/h4-11,13,19,25H,12H2,1-3H3/b20-18+. The summed E-state index contributed by atoms with van der Waals surface area (Å²) >= 11 is 3.41. The number of benzene rings is 2. The number of rotatable bonds is 5. The van der Waals surface area contributed by atoms with Crippen molar-refractivity contribution in [2.75, 3.05) is 13.7 Å². The predicted octanol–water partition coefficient (Wildman–Crippen LogP) is 4.54. The summed E-state index contributed by atoms with van der Waals surface area (Å²) < 4.78 is 6.48. The molecular weight excluding hydrogens is 422 g/mol. The topological polar surface area (TPSA) is 66.8 Å². The molecule has 1 saturated heterocycles. The third-order valence-corrected chi connectivity index (χ3v) is 5.04. The Morgan fingerprint density at radius 3 is 2.46 bits per heavy atom. The van der Waals surface area contributed by atoms with Crippen LogP contribution in [0.4, 0.5) is 0 Å². The number of hydrogen-bond donors (Lipinski definition) is 1. The molecule has 1 unspecified atom stereocenters. The Kier molecular flexibility index (Phi) is 5.89. The number of carbonyl (C=O) groups is 2. The van der Waals surface area contributed by atoms with Crippen LogP contribution in [0, 0.1) is 5.92 Å². The van der Waals surface area contributed by atoms with E-state index in [1.807, 2.05) is 24.3 Å². The van der Waals surface area contributed by atoms with E-state index in [1.165, 1.54) is 4.90 Å². The van der Waals surface area contributed by atoms with E-state index in [2.05, 4.69) is 29.8 Å². The van der Waals surface area contributed by atoms with Crippen molar-refractivity contribution in [2.45, 2.75) is 19.9 Å². The molecule has 1 aliphatic rings. The number of nitrogens with zero attached hydrogens (tertiary/aromatic N) is 1. The minimum absolute atomic E-state index is 0.0847. The van der Waals surface area contributed by atoms with E-state index in [-0.39, 0.29) is 11.3 Å². The molecule has 0 aromatic heterocycles.